The molecular weight excluding hydrogens is 370 g/mol. The van der Waals surface area contributed by atoms with Gasteiger partial charge in [-0.3, -0.25) is 9.59 Å². The van der Waals surface area contributed by atoms with Crippen LogP contribution in [0.4, 0.5) is 5.69 Å². The van der Waals surface area contributed by atoms with E-state index in [-0.39, 0.29) is 37.3 Å². The Labute approximate surface area is 167 Å². The summed E-state index contributed by atoms with van der Waals surface area (Å²) < 4.78 is 11.0. The second-order valence-electron chi connectivity index (χ2n) is 6.42. The molecule has 0 bridgehead atoms. The lowest BCUT2D eigenvalue weighted by Gasteiger charge is -2.34. The fourth-order valence-electron chi connectivity index (χ4n) is 3.09. The zero-order valence-corrected chi connectivity index (χ0v) is 17.1. The van der Waals surface area contributed by atoms with Gasteiger partial charge in [-0.2, -0.15) is 0 Å². The zero-order chi connectivity index (χ0) is 19.2. The molecule has 2 rings (SSSR count). The van der Waals surface area contributed by atoms with Crippen molar-refractivity contribution in [2.75, 3.05) is 38.2 Å². The van der Waals surface area contributed by atoms with Gasteiger partial charge in [0.1, 0.15) is 13.2 Å². The van der Waals surface area contributed by atoms with Gasteiger partial charge in [-0.05, 0) is 31.9 Å². The number of benzene rings is 1. The van der Waals surface area contributed by atoms with E-state index in [2.05, 4.69) is 5.32 Å². The first kappa shape index (κ1) is 23.0. The summed E-state index contributed by atoms with van der Waals surface area (Å²) in [5.41, 5.74) is 5.87. The van der Waals surface area contributed by atoms with Crippen LogP contribution in [0, 0.1) is 5.41 Å². The molecule has 0 saturated carbocycles. The number of halogens is 1. The summed E-state index contributed by atoms with van der Waals surface area (Å²) in [5, 5.41) is 2.82. The van der Waals surface area contributed by atoms with Gasteiger partial charge in [0, 0.05) is 24.8 Å². The molecule has 0 radical (unpaired) electrons. The maximum absolute atomic E-state index is 12.9. The minimum Gasteiger partial charge on any atom is -0.486 e. The van der Waals surface area contributed by atoms with Crippen molar-refractivity contribution in [2.24, 2.45) is 11.1 Å². The number of amides is 2. The van der Waals surface area contributed by atoms with Crippen LogP contribution >= 0.6 is 12.4 Å². The van der Waals surface area contributed by atoms with Gasteiger partial charge in [0.25, 0.3) is 0 Å². The minimum atomic E-state index is -0.604. The lowest BCUT2D eigenvalue weighted by atomic mass is 9.81. The highest BCUT2D eigenvalue weighted by Gasteiger charge is 2.36. The normalized spacial score (nSPS) is 12.7. The Morgan fingerprint density at radius 3 is 2.33 bits per heavy atom. The minimum absolute atomic E-state index is 0. The lowest BCUT2D eigenvalue weighted by molar-refractivity contribution is -0.144. The predicted molar refractivity (Wildman–Crippen MR) is 108 cm³/mol. The molecule has 27 heavy (non-hydrogen) atoms. The van der Waals surface area contributed by atoms with Gasteiger partial charge in [-0.1, -0.05) is 13.8 Å². The number of rotatable bonds is 8. The van der Waals surface area contributed by atoms with Crippen molar-refractivity contribution in [1.29, 1.82) is 0 Å². The number of anilines is 1. The molecule has 1 heterocycles. The molecule has 0 aromatic heterocycles. The van der Waals surface area contributed by atoms with Gasteiger partial charge in [0.15, 0.2) is 11.5 Å². The summed E-state index contributed by atoms with van der Waals surface area (Å²) in [7, 11) is 0. The largest absolute Gasteiger partial charge is 0.486 e. The molecule has 0 fully saturated rings. The zero-order valence-electron chi connectivity index (χ0n) is 16.2. The standard InChI is InChI=1S/C19H29N3O4.ClH/c1-4-19(5-2,13-20)18(24)22(6-3)12-17(23)21-14-7-8-15-16(11-14)26-10-9-25-15;/h7-8,11H,4-6,9-10,12-13,20H2,1-3H3,(H,21,23);1H. The summed E-state index contributed by atoms with van der Waals surface area (Å²) in [6.07, 6.45) is 1.30. The molecule has 8 heteroatoms. The SMILES string of the molecule is CCN(CC(=O)Nc1ccc2c(c1)OCCO2)C(=O)C(CC)(CC)CN.Cl. The highest BCUT2D eigenvalue weighted by atomic mass is 35.5. The third-order valence-electron chi connectivity index (χ3n) is 5.03. The van der Waals surface area contributed by atoms with Crippen LogP contribution in [0.2, 0.25) is 0 Å². The smallest absolute Gasteiger partial charge is 0.243 e. The Kier molecular flexibility index (Phi) is 8.85. The van der Waals surface area contributed by atoms with Crippen LogP contribution in [-0.4, -0.2) is 49.6 Å². The molecule has 0 spiro atoms. The second-order valence-corrected chi connectivity index (χ2v) is 6.42. The van der Waals surface area contributed by atoms with Gasteiger partial charge in [0.2, 0.25) is 11.8 Å². The summed E-state index contributed by atoms with van der Waals surface area (Å²) in [5.74, 6) is 0.953. The Balaban J connectivity index is 0.00000364. The fraction of sp³-hybridized carbons (Fsp3) is 0.579. The Bertz CT molecular complexity index is 642. The van der Waals surface area contributed by atoms with Crippen LogP contribution in [0.5, 0.6) is 11.5 Å². The van der Waals surface area contributed by atoms with E-state index in [0.29, 0.717) is 49.8 Å². The quantitative estimate of drug-likeness (QED) is 0.700. The van der Waals surface area contributed by atoms with Crippen LogP contribution in [0.15, 0.2) is 18.2 Å². The summed E-state index contributed by atoms with van der Waals surface area (Å²) in [4.78, 5) is 26.9. The van der Waals surface area contributed by atoms with Gasteiger partial charge < -0.3 is 25.4 Å². The number of likely N-dealkylation sites (N-methyl/N-ethyl adjacent to an activating group) is 1. The van der Waals surface area contributed by atoms with Crippen molar-refractivity contribution in [3.8, 4) is 11.5 Å². The summed E-state index contributed by atoms with van der Waals surface area (Å²) >= 11 is 0. The maximum Gasteiger partial charge on any atom is 0.243 e. The average Bonchev–Trinajstić information content (AvgIpc) is 2.67. The first-order valence-electron chi connectivity index (χ1n) is 9.18. The van der Waals surface area contributed by atoms with E-state index in [1.165, 1.54) is 0 Å². The van der Waals surface area contributed by atoms with Crippen LogP contribution in [-0.2, 0) is 9.59 Å². The highest BCUT2D eigenvalue weighted by molar-refractivity contribution is 5.95. The van der Waals surface area contributed by atoms with Gasteiger partial charge in [-0.15, -0.1) is 12.4 Å². The van der Waals surface area contributed by atoms with Crippen molar-refractivity contribution < 1.29 is 19.1 Å². The highest BCUT2D eigenvalue weighted by Crippen LogP contribution is 2.32. The number of nitrogens with one attached hydrogen (secondary N) is 1. The molecule has 0 unspecified atom stereocenters. The van der Waals surface area contributed by atoms with E-state index in [1.807, 2.05) is 20.8 Å². The molecule has 0 atom stereocenters. The van der Waals surface area contributed by atoms with Crippen LogP contribution < -0.4 is 20.5 Å². The number of carbonyl (C=O) groups excluding carboxylic acids is 2. The molecule has 0 saturated heterocycles. The molecule has 1 aliphatic heterocycles. The third kappa shape index (κ3) is 5.26. The molecule has 1 aromatic carbocycles. The predicted octanol–water partition coefficient (Wildman–Crippen LogP) is 2.43. The fourth-order valence-corrected chi connectivity index (χ4v) is 3.09. The van der Waals surface area contributed by atoms with Crippen molar-refractivity contribution in [2.45, 2.75) is 33.6 Å². The molecule has 0 aliphatic carbocycles. The van der Waals surface area contributed by atoms with E-state index >= 15 is 0 Å². The number of nitrogens with two attached hydrogens (primary N) is 1. The van der Waals surface area contributed by atoms with Crippen molar-refractivity contribution in [3.63, 3.8) is 0 Å². The Morgan fingerprint density at radius 2 is 1.78 bits per heavy atom. The van der Waals surface area contributed by atoms with E-state index in [9.17, 15) is 9.59 Å². The molecule has 3 N–H and O–H groups in total. The Morgan fingerprint density at radius 1 is 1.15 bits per heavy atom. The average molecular weight is 400 g/mol. The Hall–Kier alpha value is -1.99. The molecule has 1 aliphatic rings. The number of hydrogen-bond acceptors (Lipinski definition) is 5. The van der Waals surface area contributed by atoms with Gasteiger partial charge in [0.05, 0.1) is 12.0 Å². The molecule has 152 valence electrons. The lowest BCUT2D eigenvalue weighted by Crippen LogP contribution is -2.49. The van der Waals surface area contributed by atoms with Crippen LogP contribution in [0.3, 0.4) is 0 Å². The first-order valence-corrected chi connectivity index (χ1v) is 9.18. The van der Waals surface area contributed by atoms with E-state index in [1.54, 1.807) is 23.1 Å². The molecule has 1 aromatic rings. The monoisotopic (exact) mass is 399 g/mol. The number of fused-ring (bicyclic) bond motifs is 1. The summed E-state index contributed by atoms with van der Waals surface area (Å²) in [6.45, 7) is 7.50. The van der Waals surface area contributed by atoms with Crippen LogP contribution in [0.25, 0.3) is 0 Å². The third-order valence-corrected chi connectivity index (χ3v) is 5.03. The van der Waals surface area contributed by atoms with Gasteiger partial charge in [-0.25, -0.2) is 0 Å². The first-order chi connectivity index (χ1) is 12.5. The van der Waals surface area contributed by atoms with Gasteiger partial charge >= 0.3 is 0 Å². The number of ether oxygens (including phenoxy) is 2. The summed E-state index contributed by atoms with van der Waals surface area (Å²) in [6, 6.07) is 5.25. The maximum atomic E-state index is 12.9. The number of carbonyl (C=O) groups is 2. The van der Waals surface area contributed by atoms with E-state index in [4.69, 9.17) is 15.2 Å². The molecule has 2 amide bonds. The molecule has 7 nitrogen and oxygen atoms in total. The second kappa shape index (κ2) is 10.4. The molecular formula is C19H30ClN3O4. The number of nitrogens with zero attached hydrogens (tertiary/aromatic N) is 1. The van der Waals surface area contributed by atoms with Crippen molar-refractivity contribution >= 4 is 29.9 Å². The van der Waals surface area contributed by atoms with E-state index < -0.39 is 5.41 Å². The van der Waals surface area contributed by atoms with Crippen LogP contribution in [0.1, 0.15) is 33.6 Å². The number of hydrogen-bond donors (Lipinski definition) is 2. The van der Waals surface area contributed by atoms with Crippen molar-refractivity contribution in [3.05, 3.63) is 18.2 Å². The van der Waals surface area contributed by atoms with E-state index in [0.717, 1.165) is 0 Å². The topological polar surface area (TPSA) is 93.9 Å². The van der Waals surface area contributed by atoms with Crippen molar-refractivity contribution in [1.82, 2.24) is 4.90 Å².